The van der Waals surface area contributed by atoms with Crippen molar-refractivity contribution in [1.82, 2.24) is 0 Å². The summed E-state index contributed by atoms with van der Waals surface area (Å²) in [4.78, 5) is 11.4. The molecule has 0 saturated carbocycles. The van der Waals surface area contributed by atoms with E-state index in [2.05, 4.69) is 0 Å². The van der Waals surface area contributed by atoms with Gasteiger partial charge in [0.1, 0.15) is 5.92 Å². The third-order valence-corrected chi connectivity index (χ3v) is 3.52. The first-order valence-corrected chi connectivity index (χ1v) is 6.16. The molecule has 0 aliphatic rings. The van der Waals surface area contributed by atoms with Gasteiger partial charge in [-0.25, -0.2) is 0 Å². The number of benzene rings is 2. The lowest BCUT2D eigenvalue weighted by molar-refractivity contribution is -0.261. The third-order valence-electron chi connectivity index (χ3n) is 3.52. The van der Waals surface area contributed by atoms with E-state index in [9.17, 15) is 28.2 Å². The fourth-order valence-corrected chi connectivity index (χ4v) is 2.34. The van der Waals surface area contributed by atoms with Crippen LogP contribution >= 0.6 is 0 Å². The van der Waals surface area contributed by atoms with Gasteiger partial charge in [0.05, 0.1) is 0 Å². The van der Waals surface area contributed by atoms with Crippen molar-refractivity contribution >= 4 is 16.7 Å². The second-order valence-corrected chi connectivity index (χ2v) is 4.98. The van der Waals surface area contributed by atoms with E-state index in [1.807, 2.05) is 0 Å². The standard InChI is InChI=1S/C15H13F3O3/c1-14(21,15(16,17)18)12(13(19)20)11-8-4-6-9-5-2-3-7-10(9)11/h2-8,12,21H,1H3,(H,19,20). The number of hydrogen-bond acceptors (Lipinski definition) is 2. The molecule has 0 saturated heterocycles. The summed E-state index contributed by atoms with van der Waals surface area (Å²) < 4.78 is 39.0. The number of carbonyl (C=O) groups is 1. The number of halogens is 3. The van der Waals surface area contributed by atoms with Gasteiger partial charge in [-0.1, -0.05) is 42.5 Å². The highest BCUT2D eigenvalue weighted by atomic mass is 19.4. The molecule has 0 heterocycles. The zero-order valence-corrected chi connectivity index (χ0v) is 11.1. The number of aliphatic carboxylic acids is 1. The molecule has 2 unspecified atom stereocenters. The number of hydrogen-bond donors (Lipinski definition) is 2. The van der Waals surface area contributed by atoms with E-state index in [0.29, 0.717) is 17.7 Å². The molecule has 0 aliphatic carbocycles. The van der Waals surface area contributed by atoms with Crippen LogP contribution in [-0.2, 0) is 4.79 Å². The molecule has 2 N–H and O–H groups in total. The summed E-state index contributed by atoms with van der Waals surface area (Å²) in [6.07, 6.45) is -5.06. The van der Waals surface area contributed by atoms with Crippen molar-refractivity contribution < 1.29 is 28.2 Å². The van der Waals surface area contributed by atoms with Gasteiger partial charge in [-0.2, -0.15) is 13.2 Å². The second kappa shape index (κ2) is 5.04. The quantitative estimate of drug-likeness (QED) is 0.914. The van der Waals surface area contributed by atoms with Crippen molar-refractivity contribution in [1.29, 1.82) is 0 Å². The van der Waals surface area contributed by atoms with Crippen LogP contribution in [0.25, 0.3) is 10.8 Å². The van der Waals surface area contributed by atoms with Crippen molar-refractivity contribution in [2.45, 2.75) is 24.6 Å². The Balaban J connectivity index is 2.71. The van der Waals surface area contributed by atoms with Gasteiger partial charge in [0.2, 0.25) is 0 Å². The van der Waals surface area contributed by atoms with Gasteiger partial charge in [-0.05, 0) is 23.3 Å². The van der Waals surface area contributed by atoms with Crippen molar-refractivity contribution in [3.63, 3.8) is 0 Å². The summed E-state index contributed by atoms with van der Waals surface area (Å²) in [7, 11) is 0. The van der Waals surface area contributed by atoms with Gasteiger partial charge in [0.25, 0.3) is 0 Å². The number of aliphatic hydroxyl groups is 1. The first-order chi connectivity index (χ1) is 9.66. The summed E-state index contributed by atoms with van der Waals surface area (Å²) >= 11 is 0. The molecule has 21 heavy (non-hydrogen) atoms. The van der Waals surface area contributed by atoms with E-state index in [0.717, 1.165) is 0 Å². The van der Waals surface area contributed by atoms with E-state index >= 15 is 0 Å². The molecule has 2 atom stereocenters. The van der Waals surface area contributed by atoms with Crippen LogP contribution < -0.4 is 0 Å². The Bertz CT molecular complexity index is 672. The maximum atomic E-state index is 13.0. The molecule has 112 valence electrons. The van der Waals surface area contributed by atoms with Crippen LogP contribution in [0.5, 0.6) is 0 Å². The monoisotopic (exact) mass is 298 g/mol. The normalized spacial score (nSPS) is 16.4. The molecule has 2 aromatic rings. The summed E-state index contributed by atoms with van der Waals surface area (Å²) in [6.45, 7) is 0.480. The van der Waals surface area contributed by atoms with Crippen LogP contribution in [0.2, 0.25) is 0 Å². The molecule has 0 radical (unpaired) electrons. The second-order valence-electron chi connectivity index (χ2n) is 4.98. The molecule has 3 nitrogen and oxygen atoms in total. The van der Waals surface area contributed by atoms with Crippen molar-refractivity contribution in [2.24, 2.45) is 0 Å². The van der Waals surface area contributed by atoms with Crippen molar-refractivity contribution in [3.8, 4) is 0 Å². The van der Waals surface area contributed by atoms with Gasteiger partial charge in [0.15, 0.2) is 5.60 Å². The van der Waals surface area contributed by atoms with Gasteiger partial charge in [-0.3, -0.25) is 4.79 Å². The lowest BCUT2D eigenvalue weighted by Crippen LogP contribution is -2.50. The largest absolute Gasteiger partial charge is 0.481 e. The van der Waals surface area contributed by atoms with Crippen LogP contribution in [-0.4, -0.2) is 28.0 Å². The smallest absolute Gasteiger partial charge is 0.418 e. The molecule has 0 spiro atoms. The number of carboxylic acid groups (broad SMARTS) is 1. The molecule has 0 aliphatic heterocycles. The molecule has 6 heteroatoms. The van der Waals surface area contributed by atoms with E-state index in [1.165, 1.54) is 18.2 Å². The van der Waals surface area contributed by atoms with Gasteiger partial charge >= 0.3 is 12.1 Å². The van der Waals surface area contributed by atoms with Crippen LogP contribution in [0.3, 0.4) is 0 Å². The van der Waals surface area contributed by atoms with Crippen LogP contribution in [0.15, 0.2) is 42.5 Å². The SMILES string of the molecule is CC(O)(C(C(=O)O)c1cccc2ccccc12)C(F)(F)F. The van der Waals surface area contributed by atoms with Crippen molar-refractivity contribution in [2.75, 3.05) is 0 Å². The highest BCUT2D eigenvalue weighted by Crippen LogP contribution is 2.43. The van der Waals surface area contributed by atoms with Gasteiger partial charge < -0.3 is 10.2 Å². The first-order valence-electron chi connectivity index (χ1n) is 6.16. The lowest BCUT2D eigenvalue weighted by Gasteiger charge is -2.32. The molecule has 0 amide bonds. The zero-order chi connectivity index (χ0) is 15.8. The Morgan fingerprint density at radius 3 is 2.24 bits per heavy atom. The minimum atomic E-state index is -5.06. The lowest BCUT2D eigenvalue weighted by atomic mass is 9.80. The molecular weight excluding hydrogens is 285 g/mol. The summed E-state index contributed by atoms with van der Waals surface area (Å²) in [5, 5.41) is 20.0. The van der Waals surface area contributed by atoms with E-state index in [1.54, 1.807) is 24.3 Å². The van der Waals surface area contributed by atoms with E-state index in [4.69, 9.17) is 0 Å². The van der Waals surface area contributed by atoms with Gasteiger partial charge in [0, 0.05) is 0 Å². The summed E-state index contributed by atoms with van der Waals surface area (Å²) in [5.74, 6) is -3.84. The number of alkyl halides is 3. The molecular formula is C15H13F3O3. The molecule has 0 fully saturated rings. The number of rotatable bonds is 3. The Hall–Kier alpha value is -2.08. The average molecular weight is 298 g/mol. The Labute approximate surface area is 118 Å². The van der Waals surface area contributed by atoms with Crippen molar-refractivity contribution in [3.05, 3.63) is 48.0 Å². The minimum absolute atomic E-state index is 0.0667. The maximum absolute atomic E-state index is 13.0. The predicted octanol–water partition coefficient (Wildman–Crippen LogP) is 3.32. The Kier molecular flexibility index (Phi) is 3.67. The zero-order valence-electron chi connectivity index (χ0n) is 11.1. The van der Waals surface area contributed by atoms with Crippen LogP contribution in [0, 0.1) is 0 Å². The first kappa shape index (κ1) is 15.3. The third kappa shape index (κ3) is 2.58. The minimum Gasteiger partial charge on any atom is -0.481 e. The van der Waals surface area contributed by atoms with Crippen LogP contribution in [0.1, 0.15) is 18.4 Å². The molecule has 0 aromatic heterocycles. The molecule has 0 bridgehead atoms. The summed E-state index contributed by atoms with van der Waals surface area (Å²) in [5.41, 5.74) is -3.44. The Morgan fingerprint density at radius 2 is 1.67 bits per heavy atom. The maximum Gasteiger partial charge on any atom is 0.418 e. The van der Waals surface area contributed by atoms with E-state index < -0.39 is 23.7 Å². The molecule has 2 rings (SSSR count). The van der Waals surface area contributed by atoms with E-state index in [-0.39, 0.29) is 5.56 Å². The fourth-order valence-electron chi connectivity index (χ4n) is 2.34. The average Bonchev–Trinajstić information content (AvgIpc) is 2.37. The highest BCUT2D eigenvalue weighted by molar-refractivity contribution is 5.91. The topological polar surface area (TPSA) is 57.5 Å². The predicted molar refractivity (Wildman–Crippen MR) is 71.0 cm³/mol. The van der Waals surface area contributed by atoms with Gasteiger partial charge in [-0.15, -0.1) is 0 Å². The Morgan fingerprint density at radius 1 is 1.10 bits per heavy atom. The van der Waals surface area contributed by atoms with Crippen LogP contribution in [0.4, 0.5) is 13.2 Å². The highest BCUT2D eigenvalue weighted by Gasteiger charge is 2.58. The molecule has 2 aromatic carbocycles. The fraction of sp³-hybridized carbons (Fsp3) is 0.267. The number of carboxylic acids is 1. The number of fused-ring (bicyclic) bond motifs is 1. The summed E-state index contributed by atoms with van der Waals surface area (Å²) in [6, 6.07) is 10.9.